The molecule has 0 saturated heterocycles. The van der Waals surface area contributed by atoms with E-state index in [9.17, 15) is 18.0 Å². The van der Waals surface area contributed by atoms with Crippen molar-refractivity contribution >= 4 is 11.5 Å². The second-order valence-electron chi connectivity index (χ2n) is 4.23. The predicted octanol–water partition coefficient (Wildman–Crippen LogP) is 4.44. The number of alkyl halides is 3. The number of allylic oxidation sites excluding steroid dienone is 6. The fourth-order valence-electron chi connectivity index (χ4n) is 1.53. The molecule has 2 nitrogen and oxygen atoms in total. The van der Waals surface area contributed by atoms with Gasteiger partial charge >= 0.3 is 6.18 Å². The van der Waals surface area contributed by atoms with Gasteiger partial charge in [0.1, 0.15) is 5.71 Å². The fourth-order valence-corrected chi connectivity index (χ4v) is 1.53. The summed E-state index contributed by atoms with van der Waals surface area (Å²) in [4.78, 5) is 14.6. The summed E-state index contributed by atoms with van der Waals surface area (Å²) in [5, 5.41) is 0. The van der Waals surface area contributed by atoms with E-state index in [1.54, 1.807) is 19.9 Å². The number of nitrogens with zero attached hydrogens (tertiary/aromatic N) is 1. The molecule has 0 rings (SSSR count). The van der Waals surface area contributed by atoms with Gasteiger partial charge in [0.15, 0.2) is 5.78 Å². The Bertz CT molecular complexity index is 454. The summed E-state index contributed by atoms with van der Waals surface area (Å²) < 4.78 is 37.8. The highest BCUT2D eigenvalue weighted by Crippen LogP contribution is 2.21. The molecule has 0 aliphatic carbocycles. The van der Waals surface area contributed by atoms with Crippen LogP contribution in [0.3, 0.4) is 0 Å². The van der Waals surface area contributed by atoms with Gasteiger partial charge in [0.2, 0.25) is 0 Å². The van der Waals surface area contributed by atoms with Crippen LogP contribution in [0.5, 0.6) is 0 Å². The number of carbonyl (C=O) groups is 1. The molecular formula is C15H20F3NO. The quantitative estimate of drug-likeness (QED) is 0.403. The van der Waals surface area contributed by atoms with Crippen molar-refractivity contribution in [3.05, 3.63) is 35.5 Å². The smallest absolute Gasteiger partial charge is 0.295 e. The fraction of sp³-hybridized carbons (Fsp3) is 0.467. The lowest BCUT2D eigenvalue weighted by atomic mass is 10.0. The number of hydrogen-bond acceptors (Lipinski definition) is 2. The monoisotopic (exact) mass is 287 g/mol. The average Bonchev–Trinajstić information content (AvgIpc) is 2.35. The number of aliphatic imine (C=N–C) groups is 1. The minimum atomic E-state index is -4.48. The van der Waals surface area contributed by atoms with Crippen LogP contribution in [-0.2, 0) is 4.79 Å². The first kappa shape index (κ1) is 18.4. The van der Waals surface area contributed by atoms with Gasteiger partial charge in [0, 0.05) is 13.5 Å². The Morgan fingerprint density at radius 3 is 2.25 bits per heavy atom. The summed E-state index contributed by atoms with van der Waals surface area (Å²) in [6.45, 7) is 5.15. The molecule has 0 saturated carbocycles. The van der Waals surface area contributed by atoms with Crippen molar-refractivity contribution in [1.29, 1.82) is 0 Å². The molecule has 0 aromatic heterocycles. The largest absolute Gasteiger partial charge is 0.432 e. The van der Waals surface area contributed by atoms with Crippen molar-refractivity contribution < 1.29 is 18.0 Å². The maximum Gasteiger partial charge on any atom is 0.432 e. The number of rotatable bonds is 6. The summed E-state index contributed by atoms with van der Waals surface area (Å²) in [7, 11) is 1.10. The van der Waals surface area contributed by atoms with E-state index in [1.807, 2.05) is 6.92 Å². The Hall–Kier alpha value is -1.65. The molecule has 112 valence electrons. The molecule has 0 spiro atoms. The molecule has 20 heavy (non-hydrogen) atoms. The van der Waals surface area contributed by atoms with Gasteiger partial charge in [-0.15, -0.1) is 0 Å². The van der Waals surface area contributed by atoms with E-state index in [-0.39, 0.29) is 5.78 Å². The van der Waals surface area contributed by atoms with Crippen LogP contribution in [0.2, 0.25) is 0 Å². The SMILES string of the molecule is C/C=C(\C=C/C(=O)CCC)C(/C)=C/C(=NC)C(F)(F)F. The van der Waals surface area contributed by atoms with Gasteiger partial charge in [-0.25, -0.2) is 0 Å². The molecule has 0 atom stereocenters. The maximum absolute atomic E-state index is 12.6. The Labute approximate surface area is 117 Å². The first-order valence-electron chi connectivity index (χ1n) is 6.36. The van der Waals surface area contributed by atoms with E-state index in [0.29, 0.717) is 17.6 Å². The molecule has 0 radical (unpaired) electrons. The lowest BCUT2D eigenvalue weighted by Crippen LogP contribution is -2.21. The van der Waals surface area contributed by atoms with Gasteiger partial charge in [0.05, 0.1) is 0 Å². The Morgan fingerprint density at radius 1 is 1.25 bits per heavy atom. The molecule has 0 bridgehead atoms. The van der Waals surface area contributed by atoms with E-state index in [1.165, 1.54) is 12.2 Å². The minimum Gasteiger partial charge on any atom is -0.295 e. The summed E-state index contributed by atoms with van der Waals surface area (Å²) >= 11 is 0. The van der Waals surface area contributed by atoms with Gasteiger partial charge in [-0.2, -0.15) is 13.2 Å². The van der Waals surface area contributed by atoms with E-state index in [2.05, 4.69) is 4.99 Å². The average molecular weight is 287 g/mol. The predicted molar refractivity (Wildman–Crippen MR) is 76.0 cm³/mol. The summed E-state index contributed by atoms with van der Waals surface area (Å²) in [6, 6.07) is 0. The van der Waals surface area contributed by atoms with Gasteiger partial charge in [0.25, 0.3) is 0 Å². The molecule has 0 aliphatic heterocycles. The third-order valence-corrected chi connectivity index (χ3v) is 2.60. The highest BCUT2D eigenvalue weighted by atomic mass is 19.4. The van der Waals surface area contributed by atoms with Gasteiger partial charge in [-0.05, 0) is 43.6 Å². The molecule has 0 aliphatic rings. The summed E-state index contributed by atoms with van der Waals surface area (Å²) in [5.41, 5.74) is 0.0356. The summed E-state index contributed by atoms with van der Waals surface area (Å²) in [5.74, 6) is -0.0418. The van der Waals surface area contributed by atoms with E-state index in [0.717, 1.165) is 19.5 Å². The molecule has 0 N–H and O–H groups in total. The molecule has 0 aromatic rings. The normalized spacial score (nSPS) is 15.1. The maximum atomic E-state index is 12.6. The van der Waals surface area contributed by atoms with Gasteiger partial charge in [-0.1, -0.05) is 19.1 Å². The molecule has 0 amide bonds. The number of hydrogen-bond donors (Lipinski definition) is 0. The lowest BCUT2D eigenvalue weighted by molar-refractivity contribution is -0.114. The van der Waals surface area contributed by atoms with E-state index in [4.69, 9.17) is 0 Å². The zero-order chi connectivity index (χ0) is 15.8. The van der Waals surface area contributed by atoms with Crippen LogP contribution in [0.1, 0.15) is 33.6 Å². The molecule has 0 aromatic carbocycles. The third kappa shape index (κ3) is 6.50. The standard InChI is InChI=1S/C15H20F3NO/c1-5-7-13(20)9-8-12(6-2)11(3)10-14(19-4)15(16,17)18/h6,8-10H,5,7H2,1-4H3/b9-8-,11-10+,12-6+,19-14?. The number of ketones is 1. The van der Waals surface area contributed by atoms with Gasteiger partial charge < -0.3 is 0 Å². The van der Waals surface area contributed by atoms with Crippen LogP contribution in [0.4, 0.5) is 13.2 Å². The van der Waals surface area contributed by atoms with Crippen molar-refractivity contribution in [2.45, 2.75) is 39.8 Å². The Balaban J connectivity index is 5.15. The minimum absolute atomic E-state index is 0.0418. The second-order valence-corrected chi connectivity index (χ2v) is 4.23. The van der Waals surface area contributed by atoms with Gasteiger partial charge in [-0.3, -0.25) is 9.79 Å². The first-order valence-corrected chi connectivity index (χ1v) is 6.36. The van der Waals surface area contributed by atoms with Crippen molar-refractivity contribution in [1.82, 2.24) is 0 Å². The highest BCUT2D eigenvalue weighted by molar-refractivity contribution is 6.00. The van der Waals surface area contributed by atoms with Crippen LogP contribution in [0.25, 0.3) is 0 Å². The van der Waals surface area contributed by atoms with Crippen LogP contribution >= 0.6 is 0 Å². The van der Waals surface area contributed by atoms with Crippen molar-refractivity contribution in [2.24, 2.45) is 4.99 Å². The van der Waals surface area contributed by atoms with Crippen LogP contribution in [-0.4, -0.2) is 24.7 Å². The zero-order valence-corrected chi connectivity index (χ0v) is 12.2. The lowest BCUT2D eigenvalue weighted by Gasteiger charge is -2.08. The third-order valence-electron chi connectivity index (χ3n) is 2.60. The Morgan fingerprint density at radius 2 is 1.85 bits per heavy atom. The van der Waals surface area contributed by atoms with Crippen LogP contribution in [0, 0.1) is 0 Å². The molecule has 5 heteroatoms. The number of halogens is 3. The first-order chi connectivity index (χ1) is 9.26. The van der Waals surface area contributed by atoms with E-state index < -0.39 is 11.9 Å². The molecule has 0 unspecified atom stereocenters. The second kappa shape index (κ2) is 8.51. The number of carbonyl (C=O) groups excluding carboxylic acids is 1. The molecule has 0 heterocycles. The van der Waals surface area contributed by atoms with Crippen molar-refractivity contribution in [3.63, 3.8) is 0 Å². The topological polar surface area (TPSA) is 29.4 Å². The molecular weight excluding hydrogens is 267 g/mol. The van der Waals surface area contributed by atoms with Crippen molar-refractivity contribution in [2.75, 3.05) is 7.05 Å². The van der Waals surface area contributed by atoms with E-state index >= 15 is 0 Å². The zero-order valence-electron chi connectivity index (χ0n) is 12.2. The van der Waals surface area contributed by atoms with Crippen molar-refractivity contribution in [3.8, 4) is 0 Å². The molecule has 0 fully saturated rings. The van der Waals surface area contributed by atoms with Crippen LogP contribution in [0.15, 0.2) is 40.4 Å². The highest BCUT2D eigenvalue weighted by Gasteiger charge is 2.33. The Kier molecular flexibility index (Phi) is 7.80. The summed E-state index contributed by atoms with van der Waals surface area (Å²) in [6.07, 6.45) is 2.26. The van der Waals surface area contributed by atoms with Crippen LogP contribution < -0.4 is 0 Å².